The molecule has 1 aliphatic carbocycles. The van der Waals surface area contributed by atoms with Crippen LogP contribution in [0.2, 0.25) is 5.02 Å². The van der Waals surface area contributed by atoms with Crippen molar-refractivity contribution in [2.45, 2.75) is 18.6 Å². The number of aryl methyl sites for hydroxylation is 1. The smallest absolute Gasteiger partial charge is 0.241 e. The Morgan fingerprint density at radius 1 is 0.824 bits per heavy atom. The Morgan fingerprint density at radius 3 is 2.09 bits per heavy atom. The van der Waals surface area contributed by atoms with E-state index in [9.17, 15) is 19.2 Å². The highest BCUT2D eigenvalue weighted by Gasteiger charge is 2.74. The number of ether oxygens (including phenoxy) is 1. The number of anilines is 1. The molecule has 0 saturated carbocycles. The molecule has 3 atom stereocenters. The van der Waals surface area contributed by atoms with E-state index in [0.29, 0.717) is 21.8 Å². The summed E-state index contributed by atoms with van der Waals surface area (Å²) in [7, 11) is 0. The van der Waals surface area contributed by atoms with Crippen molar-refractivity contribution < 1.29 is 23.9 Å². The van der Waals surface area contributed by atoms with Crippen LogP contribution in [-0.4, -0.2) is 29.0 Å². The van der Waals surface area contributed by atoms with Gasteiger partial charge in [0.05, 0.1) is 23.6 Å². The normalized spacial score (nSPS) is 24.8. The van der Waals surface area contributed by atoms with Gasteiger partial charge in [0.2, 0.25) is 29.0 Å². The molecule has 2 amide bonds. The number of carbonyl (C=O) groups excluding carboxylic acids is 4. The Hall–Kier alpha value is -3.61. The highest BCUT2D eigenvalue weighted by atomic mass is 35.5. The topological polar surface area (TPSA) is 80.8 Å². The van der Waals surface area contributed by atoms with Crippen molar-refractivity contribution in [3.8, 4) is 0 Å². The molecule has 34 heavy (non-hydrogen) atoms. The van der Waals surface area contributed by atoms with E-state index in [0.717, 1.165) is 4.90 Å². The highest BCUT2D eigenvalue weighted by Crippen LogP contribution is 2.57. The molecular weight excluding hydrogens is 454 g/mol. The Labute approximate surface area is 200 Å². The first-order valence-corrected chi connectivity index (χ1v) is 11.3. The third kappa shape index (κ3) is 2.55. The van der Waals surface area contributed by atoms with Crippen molar-refractivity contribution in [3.63, 3.8) is 0 Å². The first-order chi connectivity index (χ1) is 16.4. The lowest BCUT2D eigenvalue weighted by molar-refractivity contribution is -0.127. The Balaban J connectivity index is 1.57. The van der Waals surface area contributed by atoms with Crippen LogP contribution in [0.3, 0.4) is 0 Å². The second kappa shape index (κ2) is 7.19. The number of halogens is 1. The van der Waals surface area contributed by atoms with E-state index in [1.807, 2.05) is 6.07 Å². The van der Waals surface area contributed by atoms with Crippen LogP contribution in [0, 0.1) is 18.8 Å². The van der Waals surface area contributed by atoms with Gasteiger partial charge in [0, 0.05) is 16.1 Å². The van der Waals surface area contributed by atoms with Gasteiger partial charge in [-0.1, -0.05) is 72.3 Å². The third-order valence-corrected chi connectivity index (χ3v) is 7.29. The number of carbonyl (C=O) groups is 4. The SMILES string of the molecule is Cc1ccc(Cl)cc1N1C(=O)[C@@H]2[C@@H](C1=O)C1(O[C@H]2c2ccccc2)C(=O)c2ccccc2C1=O. The van der Waals surface area contributed by atoms with E-state index in [2.05, 4.69) is 0 Å². The number of hydrogen-bond acceptors (Lipinski definition) is 5. The number of rotatable bonds is 2. The quantitative estimate of drug-likeness (QED) is 0.410. The van der Waals surface area contributed by atoms with Crippen molar-refractivity contribution in [2.24, 2.45) is 11.8 Å². The van der Waals surface area contributed by atoms with Crippen LogP contribution in [0.4, 0.5) is 5.69 Å². The van der Waals surface area contributed by atoms with Gasteiger partial charge in [0.15, 0.2) is 0 Å². The zero-order valence-corrected chi connectivity index (χ0v) is 18.8. The number of imide groups is 1. The lowest BCUT2D eigenvalue weighted by Gasteiger charge is -2.27. The van der Waals surface area contributed by atoms with Gasteiger partial charge in [-0.05, 0) is 30.2 Å². The van der Waals surface area contributed by atoms with Crippen molar-refractivity contribution in [3.05, 3.63) is 100 Å². The number of ketones is 2. The fraction of sp³-hybridized carbons (Fsp3) is 0.185. The fourth-order valence-electron chi connectivity index (χ4n) is 5.52. The monoisotopic (exact) mass is 471 g/mol. The summed E-state index contributed by atoms with van der Waals surface area (Å²) >= 11 is 6.18. The minimum Gasteiger partial charge on any atom is -0.349 e. The molecule has 6 nitrogen and oxygen atoms in total. The maximum absolute atomic E-state index is 13.9. The second-order valence-corrected chi connectivity index (χ2v) is 9.27. The third-order valence-electron chi connectivity index (χ3n) is 7.06. The molecule has 0 radical (unpaired) electrons. The van der Waals surface area contributed by atoms with Gasteiger partial charge in [-0.25, -0.2) is 4.90 Å². The molecule has 168 valence electrons. The molecule has 1 spiro atoms. The lowest BCUT2D eigenvalue weighted by Crippen LogP contribution is -2.51. The summed E-state index contributed by atoms with van der Waals surface area (Å²) in [5.41, 5.74) is -0.0334. The minimum absolute atomic E-state index is 0.206. The van der Waals surface area contributed by atoms with Gasteiger partial charge in [0.25, 0.3) is 0 Å². The van der Waals surface area contributed by atoms with Crippen LogP contribution in [0.5, 0.6) is 0 Å². The maximum Gasteiger partial charge on any atom is 0.241 e. The number of Topliss-reactive ketones (excluding diaryl/α,β-unsaturated/α-hetero) is 2. The van der Waals surface area contributed by atoms with Crippen molar-refractivity contribution in [1.82, 2.24) is 0 Å². The molecule has 2 fully saturated rings. The predicted molar refractivity (Wildman–Crippen MR) is 124 cm³/mol. The van der Waals surface area contributed by atoms with Crippen LogP contribution in [-0.2, 0) is 14.3 Å². The van der Waals surface area contributed by atoms with E-state index in [1.165, 1.54) is 0 Å². The van der Waals surface area contributed by atoms with Crippen molar-refractivity contribution in [1.29, 1.82) is 0 Å². The summed E-state index contributed by atoms with van der Waals surface area (Å²) in [6, 6.07) is 20.3. The first kappa shape index (κ1) is 21.0. The summed E-state index contributed by atoms with van der Waals surface area (Å²) in [6.45, 7) is 1.77. The van der Waals surface area contributed by atoms with Crippen molar-refractivity contribution in [2.75, 3.05) is 4.90 Å². The number of nitrogens with zero attached hydrogens (tertiary/aromatic N) is 1. The molecule has 0 bridgehead atoms. The number of amides is 2. The van der Waals surface area contributed by atoms with E-state index in [4.69, 9.17) is 16.3 Å². The molecule has 3 aromatic rings. The van der Waals surface area contributed by atoms with Crippen LogP contribution in [0.25, 0.3) is 0 Å². The minimum atomic E-state index is -2.08. The predicted octanol–water partition coefficient (Wildman–Crippen LogP) is 4.34. The summed E-state index contributed by atoms with van der Waals surface area (Å²) in [5.74, 6) is -4.61. The molecule has 2 aliphatic heterocycles. The van der Waals surface area contributed by atoms with E-state index >= 15 is 0 Å². The van der Waals surface area contributed by atoms with Gasteiger partial charge in [0.1, 0.15) is 0 Å². The second-order valence-electron chi connectivity index (χ2n) is 8.83. The molecular formula is C27H18ClNO5. The molecule has 7 heteroatoms. The molecule has 2 saturated heterocycles. The van der Waals surface area contributed by atoms with Gasteiger partial charge in [-0.3, -0.25) is 19.2 Å². The standard InChI is InChI=1S/C27H18ClNO5/c1-14-11-12-16(28)13-19(14)29-25(32)20-21(26(29)33)27(34-22(20)15-7-3-2-4-8-15)23(30)17-9-5-6-10-18(17)24(27)31/h2-13,20-22H,1H3/t20-,21+,22+/m1/s1. The van der Waals surface area contributed by atoms with Crippen LogP contribution >= 0.6 is 11.6 Å². The number of benzene rings is 3. The van der Waals surface area contributed by atoms with Crippen LogP contribution in [0.1, 0.15) is 37.9 Å². The Bertz CT molecular complexity index is 1380. The number of hydrogen-bond donors (Lipinski definition) is 0. The van der Waals surface area contributed by atoms with Gasteiger partial charge < -0.3 is 4.74 Å². The number of fused-ring (bicyclic) bond motifs is 3. The molecule has 2 heterocycles. The zero-order valence-electron chi connectivity index (χ0n) is 18.0. The molecule has 0 N–H and O–H groups in total. The molecule has 6 rings (SSSR count). The maximum atomic E-state index is 13.9. The van der Waals surface area contributed by atoms with Gasteiger partial charge in [-0.2, -0.15) is 0 Å². The zero-order chi connectivity index (χ0) is 23.8. The van der Waals surface area contributed by atoms with Crippen LogP contribution in [0.15, 0.2) is 72.8 Å². The summed E-state index contributed by atoms with van der Waals surface area (Å²) in [4.78, 5) is 56.3. The lowest BCUT2D eigenvalue weighted by atomic mass is 9.77. The molecule has 0 aromatic heterocycles. The van der Waals surface area contributed by atoms with Gasteiger partial charge >= 0.3 is 0 Å². The molecule has 3 aromatic carbocycles. The summed E-state index contributed by atoms with van der Waals surface area (Å²) < 4.78 is 6.26. The molecule has 3 aliphatic rings. The average Bonchev–Trinajstić information content (AvgIpc) is 3.41. The van der Waals surface area contributed by atoms with Gasteiger partial charge in [-0.15, -0.1) is 0 Å². The van der Waals surface area contributed by atoms with E-state index in [-0.39, 0.29) is 11.1 Å². The molecule has 0 unspecified atom stereocenters. The Kier molecular flexibility index (Phi) is 4.43. The fourth-order valence-corrected chi connectivity index (χ4v) is 5.69. The highest BCUT2D eigenvalue weighted by molar-refractivity contribution is 6.37. The first-order valence-electron chi connectivity index (χ1n) is 10.9. The summed E-state index contributed by atoms with van der Waals surface area (Å²) in [6.07, 6.45) is -0.936. The Morgan fingerprint density at radius 2 is 1.44 bits per heavy atom. The summed E-state index contributed by atoms with van der Waals surface area (Å²) in [5, 5.41) is 0.365. The largest absolute Gasteiger partial charge is 0.349 e. The van der Waals surface area contributed by atoms with Crippen molar-refractivity contribution >= 4 is 40.7 Å². The van der Waals surface area contributed by atoms with E-state index in [1.54, 1.807) is 73.7 Å². The van der Waals surface area contributed by atoms with E-state index < -0.39 is 46.9 Å². The average molecular weight is 472 g/mol. The van der Waals surface area contributed by atoms with Crippen LogP contribution < -0.4 is 4.90 Å².